The van der Waals surface area contributed by atoms with Gasteiger partial charge in [0.1, 0.15) is 30.3 Å². The van der Waals surface area contributed by atoms with Gasteiger partial charge in [0.25, 0.3) is 5.88 Å². The number of benzene rings is 3. The molecule has 1 aromatic heterocycles. The molecular formula is C35H31NO7. The van der Waals surface area contributed by atoms with Crippen LogP contribution >= 0.6 is 0 Å². The van der Waals surface area contributed by atoms with Crippen molar-refractivity contribution in [1.82, 2.24) is 5.16 Å². The molecule has 3 aromatic carbocycles. The zero-order chi connectivity index (χ0) is 29.7. The molecule has 4 aromatic rings. The van der Waals surface area contributed by atoms with Gasteiger partial charge in [0, 0.05) is 12.0 Å². The molecule has 1 fully saturated rings. The van der Waals surface area contributed by atoms with Gasteiger partial charge in [-0.1, -0.05) is 60.7 Å². The number of Topliss-reactive ketones (excluding diaryl/α,β-unsaturated/α-hetero) is 3. The van der Waals surface area contributed by atoms with Gasteiger partial charge in [-0.25, -0.2) is 0 Å². The van der Waals surface area contributed by atoms with Crippen LogP contribution in [0.1, 0.15) is 55.2 Å². The number of hydrogen-bond acceptors (Lipinski definition) is 8. The number of aromatic nitrogens is 1. The summed E-state index contributed by atoms with van der Waals surface area (Å²) in [4.78, 5) is 42.4. The van der Waals surface area contributed by atoms with Gasteiger partial charge in [-0.15, -0.1) is 0 Å². The Labute approximate surface area is 248 Å². The predicted octanol–water partition coefficient (Wildman–Crippen LogP) is 5.77. The largest absolute Gasteiger partial charge is 0.496 e. The van der Waals surface area contributed by atoms with Crippen molar-refractivity contribution in [2.75, 3.05) is 7.11 Å². The molecule has 0 aliphatic heterocycles. The molecule has 7 rings (SSSR count). The summed E-state index contributed by atoms with van der Waals surface area (Å²) in [6, 6.07) is 21.1. The second-order valence-electron chi connectivity index (χ2n) is 11.7. The van der Waals surface area contributed by atoms with E-state index in [0.29, 0.717) is 42.1 Å². The van der Waals surface area contributed by atoms with Crippen molar-refractivity contribution in [2.45, 2.75) is 39.4 Å². The van der Waals surface area contributed by atoms with Crippen LogP contribution in [0.4, 0.5) is 0 Å². The van der Waals surface area contributed by atoms with E-state index in [-0.39, 0.29) is 53.8 Å². The van der Waals surface area contributed by atoms with Crippen molar-refractivity contribution in [2.24, 2.45) is 23.7 Å². The lowest BCUT2D eigenvalue weighted by molar-refractivity contribution is -0.130. The fourth-order valence-electron chi connectivity index (χ4n) is 7.10. The summed E-state index contributed by atoms with van der Waals surface area (Å²) in [5.41, 5.74) is 4.00. The van der Waals surface area contributed by atoms with Crippen LogP contribution in [0.3, 0.4) is 0 Å². The first-order valence-corrected chi connectivity index (χ1v) is 14.6. The van der Waals surface area contributed by atoms with Crippen molar-refractivity contribution in [1.29, 1.82) is 0 Å². The monoisotopic (exact) mass is 577 g/mol. The smallest absolute Gasteiger partial charge is 0.265 e. The van der Waals surface area contributed by atoms with Crippen LogP contribution in [-0.4, -0.2) is 29.6 Å². The molecule has 218 valence electrons. The van der Waals surface area contributed by atoms with E-state index in [1.807, 2.05) is 73.7 Å². The number of carbonyl (C=O) groups is 3. The van der Waals surface area contributed by atoms with Gasteiger partial charge in [0.2, 0.25) is 0 Å². The molecule has 0 spiro atoms. The molecule has 0 bridgehead atoms. The number of carbonyl (C=O) groups excluding carboxylic acids is 3. The van der Waals surface area contributed by atoms with Crippen molar-refractivity contribution in [3.8, 4) is 17.4 Å². The Morgan fingerprint density at radius 2 is 1.42 bits per heavy atom. The number of rotatable bonds is 7. The second-order valence-corrected chi connectivity index (χ2v) is 11.7. The molecule has 3 aliphatic carbocycles. The minimum atomic E-state index is -0.946. The van der Waals surface area contributed by atoms with Crippen LogP contribution in [0.2, 0.25) is 0 Å². The van der Waals surface area contributed by atoms with E-state index in [4.69, 9.17) is 18.7 Å². The highest BCUT2D eigenvalue weighted by Gasteiger charge is 2.56. The minimum absolute atomic E-state index is 0.0921. The third-order valence-electron chi connectivity index (χ3n) is 9.06. The molecule has 1 heterocycles. The lowest BCUT2D eigenvalue weighted by atomic mass is 9.57. The summed E-state index contributed by atoms with van der Waals surface area (Å²) in [6.07, 6.45) is 1.41. The van der Waals surface area contributed by atoms with E-state index in [2.05, 4.69) is 5.16 Å². The fourth-order valence-corrected chi connectivity index (χ4v) is 7.10. The molecule has 1 saturated carbocycles. The number of ketones is 3. The van der Waals surface area contributed by atoms with Crippen LogP contribution < -0.4 is 14.2 Å². The molecular weight excluding hydrogens is 546 g/mol. The van der Waals surface area contributed by atoms with Crippen molar-refractivity contribution in [3.63, 3.8) is 0 Å². The van der Waals surface area contributed by atoms with E-state index in [1.165, 1.54) is 0 Å². The second kappa shape index (κ2) is 10.8. The Bertz CT molecular complexity index is 1730. The maximum absolute atomic E-state index is 14.3. The highest BCUT2D eigenvalue weighted by Crippen LogP contribution is 2.51. The zero-order valence-corrected chi connectivity index (χ0v) is 24.0. The van der Waals surface area contributed by atoms with Crippen molar-refractivity contribution in [3.05, 3.63) is 106 Å². The number of methoxy groups -OCH3 is 1. The van der Waals surface area contributed by atoms with Crippen molar-refractivity contribution < 1.29 is 33.1 Å². The number of nitrogens with zero attached hydrogens (tertiary/aromatic N) is 1. The Morgan fingerprint density at radius 3 is 2.07 bits per heavy atom. The number of ether oxygens (including phenoxy) is 3. The molecule has 0 radical (unpaired) electrons. The summed E-state index contributed by atoms with van der Waals surface area (Å²) >= 11 is 0. The topological polar surface area (TPSA) is 105 Å². The number of hydrogen-bond donors (Lipinski definition) is 0. The van der Waals surface area contributed by atoms with Crippen LogP contribution in [-0.2, 0) is 30.8 Å². The summed E-state index contributed by atoms with van der Waals surface area (Å²) in [6.45, 7) is 2.36. The van der Waals surface area contributed by atoms with Crippen LogP contribution in [0.5, 0.6) is 17.4 Å². The van der Waals surface area contributed by atoms with Crippen LogP contribution in [0, 0.1) is 30.6 Å². The first kappa shape index (κ1) is 27.1. The Hall–Kier alpha value is -4.72. The molecule has 8 nitrogen and oxygen atoms in total. The van der Waals surface area contributed by atoms with Crippen molar-refractivity contribution >= 4 is 17.3 Å². The molecule has 3 aliphatic rings. The standard InChI is InChI=1S/C35H31NO7/c1-19-13-25(40-2)24-15-22-14-23-16-26-30(35(36-43-26)42-18-21-11-7-4-8-12-21)33(39)28(23)31(37)27(22)32(38)29(24)34(19)41-17-20-9-5-3-6-10-20/h3-13,22-23,27-28H,14-18H2,1-2H3. The summed E-state index contributed by atoms with van der Waals surface area (Å²) in [7, 11) is 1.58. The summed E-state index contributed by atoms with van der Waals surface area (Å²) in [5, 5.41) is 4.04. The maximum Gasteiger partial charge on any atom is 0.265 e. The van der Waals surface area contributed by atoms with Gasteiger partial charge in [0.05, 0.1) is 24.5 Å². The van der Waals surface area contributed by atoms with Crippen LogP contribution in [0.25, 0.3) is 0 Å². The van der Waals surface area contributed by atoms with E-state index in [0.717, 1.165) is 22.3 Å². The Kier molecular flexibility index (Phi) is 6.84. The summed E-state index contributed by atoms with van der Waals surface area (Å²) in [5.74, 6) is -1.81. The average molecular weight is 578 g/mol. The number of aryl methyl sites for hydroxylation is 1. The van der Waals surface area contributed by atoms with E-state index in [9.17, 15) is 14.4 Å². The molecule has 4 atom stereocenters. The molecule has 0 N–H and O–H groups in total. The SMILES string of the molecule is COc1cc(C)c(OCc2ccccc2)c2c1CC1CC3Cc4onc(OCc5ccccc5)c4C(=O)C3C(=O)C1C2=O. The van der Waals surface area contributed by atoms with Gasteiger partial charge in [-0.2, -0.15) is 0 Å². The molecule has 4 unspecified atom stereocenters. The Morgan fingerprint density at radius 1 is 0.814 bits per heavy atom. The van der Waals surface area contributed by atoms with Gasteiger partial charge in [0.15, 0.2) is 23.1 Å². The van der Waals surface area contributed by atoms with Gasteiger partial charge in [-0.3, -0.25) is 14.4 Å². The maximum atomic E-state index is 14.3. The van der Waals surface area contributed by atoms with Crippen LogP contribution in [0.15, 0.2) is 71.3 Å². The lowest BCUT2D eigenvalue weighted by Crippen LogP contribution is -2.52. The quantitative estimate of drug-likeness (QED) is 0.255. The fraction of sp³-hybridized carbons (Fsp3) is 0.314. The third-order valence-corrected chi connectivity index (χ3v) is 9.06. The first-order valence-electron chi connectivity index (χ1n) is 14.6. The number of fused-ring (bicyclic) bond motifs is 4. The average Bonchev–Trinajstić information content (AvgIpc) is 3.43. The van der Waals surface area contributed by atoms with E-state index in [1.54, 1.807) is 7.11 Å². The van der Waals surface area contributed by atoms with Gasteiger partial charge in [-0.05, 0) is 59.5 Å². The normalized spacial score (nSPS) is 22.2. The predicted molar refractivity (Wildman–Crippen MR) is 155 cm³/mol. The molecule has 0 amide bonds. The summed E-state index contributed by atoms with van der Waals surface area (Å²) < 4.78 is 23.4. The molecule has 0 saturated heterocycles. The minimum Gasteiger partial charge on any atom is -0.496 e. The lowest BCUT2D eigenvalue weighted by Gasteiger charge is -2.43. The molecule has 43 heavy (non-hydrogen) atoms. The zero-order valence-electron chi connectivity index (χ0n) is 24.0. The highest BCUT2D eigenvalue weighted by molar-refractivity contribution is 6.22. The third kappa shape index (κ3) is 4.61. The Balaban J connectivity index is 1.20. The highest BCUT2D eigenvalue weighted by atomic mass is 16.5. The molecule has 8 heteroatoms. The van der Waals surface area contributed by atoms with Gasteiger partial charge >= 0.3 is 0 Å². The van der Waals surface area contributed by atoms with E-state index >= 15 is 0 Å². The first-order chi connectivity index (χ1) is 20.9. The van der Waals surface area contributed by atoms with E-state index < -0.39 is 11.8 Å². The van der Waals surface area contributed by atoms with Gasteiger partial charge < -0.3 is 18.7 Å².